The van der Waals surface area contributed by atoms with Gasteiger partial charge < -0.3 is 9.72 Å². The minimum absolute atomic E-state index is 0.250. The Morgan fingerprint density at radius 1 is 1.25 bits per heavy atom. The number of carbonyl (C=O) groups is 1. The maximum absolute atomic E-state index is 12.8. The Hall–Kier alpha value is -2.69. The molecule has 0 aliphatic carbocycles. The summed E-state index contributed by atoms with van der Waals surface area (Å²) in [6.07, 6.45) is 3.67. The van der Waals surface area contributed by atoms with Crippen LogP contribution >= 0.6 is 0 Å². The first-order chi connectivity index (χ1) is 9.61. The van der Waals surface area contributed by atoms with Gasteiger partial charge in [0.25, 0.3) is 5.91 Å². The second-order valence-corrected chi connectivity index (χ2v) is 4.52. The van der Waals surface area contributed by atoms with E-state index in [0.717, 1.165) is 5.69 Å². The number of benzene rings is 1. The predicted molar refractivity (Wildman–Crippen MR) is 74.3 cm³/mol. The number of nitrogens with one attached hydrogen (secondary N) is 1. The minimum atomic E-state index is -0.336. The maximum Gasteiger partial charge on any atom is 0.255 e. The highest BCUT2D eigenvalue weighted by atomic mass is 19.1. The SMILES string of the molecule is Cc1cn2ccc(C(=O)Nc3ccc(F)cc3)cc2n1. The number of imidazole rings is 1. The summed E-state index contributed by atoms with van der Waals surface area (Å²) >= 11 is 0. The molecule has 0 bridgehead atoms. The van der Waals surface area contributed by atoms with E-state index in [9.17, 15) is 9.18 Å². The van der Waals surface area contributed by atoms with E-state index in [4.69, 9.17) is 0 Å². The van der Waals surface area contributed by atoms with Gasteiger partial charge in [-0.25, -0.2) is 9.37 Å². The van der Waals surface area contributed by atoms with Gasteiger partial charge in [0.2, 0.25) is 0 Å². The molecule has 0 spiro atoms. The number of anilines is 1. The summed E-state index contributed by atoms with van der Waals surface area (Å²) < 4.78 is 14.7. The molecule has 2 aromatic heterocycles. The van der Waals surface area contributed by atoms with Crippen molar-refractivity contribution in [3.8, 4) is 0 Å². The van der Waals surface area contributed by atoms with E-state index in [1.54, 1.807) is 18.3 Å². The van der Waals surface area contributed by atoms with Crippen LogP contribution in [-0.2, 0) is 0 Å². The number of carbonyl (C=O) groups excluding carboxylic acids is 1. The molecule has 0 saturated carbocycles. The van der Waals surface area contributed by atoms with E-state index in [1.165, 1.54) is 24.3 Å². The molecule has 1 N–H and O–H groups in total. The van der Waals surface area contributed by atoms with Gasteiger partial charge in [0, 0.05) is 23.6 Å². The summed E-state index contributed by atoms with van der Waals surface area (Å²) in [5.41, 5.74) is 2.67. The Morgan fingerprint density at radius 3 is 2.75 bits per heavy atom. The average molecular weight is 269 g/mol. The molecule has 1 amide bonds. The van der Waals surface area contributed by atoms with Gasteiger partial charge in [0.15, 0.2) is 0 Å². The van der Waals surface area contributed by atoms with Crippen molar-refractivity contribution in [1.29, 1.82) is 0 Å². The van der Waals surface area contributed by atoms with Crippen LogP contribution in [0.25, 0.3) is 5.65 Å². The number of rotatable bonds is 2. The third kappa shape index (κ3) is 2.38. The number of halogens is 1. The summed E-state index contributed by atoms with van der Waals surface area (Å²) in [7, 11) is 0. The van der Waals surface area contributed by atoms with Gasteiger partial charge in [0.1, 0.15) is 11.5 Å². The van der Waals surface area contributed by atoms with Crippen molar-refractivity contribution in [2.75, 3.05) is 5.32 Å². The Morgan fingerprint density at radius 2 is 2.00 bits per heavy atom. The second-order valence-electron chi connectivity index (χ2n) is 4.52. The van der Waals surface area contributed by atoms with E-state index >= 15 is 0 Å². The van der Waals surface area contributed by atoms with Crippen LogP contribution in [0.4, 0.5) is 10.1 Å². The molecule has 2 heterocycles. The third-order valence-corrected chi connectivity index (χ3v) is 2.94. The van der Waals surface area contributed by atoms with Crippen molar-refractivity contribution in [3.63, 3.8) is 0 Å². The lowest BCUT2D eigenvalue weighted by Crippen LogP contribution is -2.12. The van der Waals surface area contributed by atoms with Gasteiger partial charge in [-0.2, -0.15) is 0 Å². The molecular weight excluding hydrogens is 257 g/mol. The van der Waals surface area contributed by atoms with Crippen molar-refractivity contribution < 1.29 is 9.18 Å². The first-order valence-corrected chi connectivity index (χ1v) is 6.14. The fraction of sp³-hybridized carbons (Fsp3) is 0.0667. The zero-order chi connectivity index (χ0) is 14.1. The van der Waals surface area contributed by atoms with Crippen molar-refractivity contribution in [1.82, 2.24) is 9.38 Å². The molecule has 1 aromatic carbocycles. The molecule has 0 unspecified atom stereocenters. The topological polar surface area (TPSA) is 46.4 Å². The number of nitrogens with zero attached hydrogens (tertiary/aromatic N) is 2. The van der Waals surface area contributed by atoms with Crippen LogP contribution in [0, 0.1) is 12.7 Å². The normalized spacial score (nSPS) is 10.7. The molecule has 3 rings (SSSR count). The molecule has 100 valence electrons. The predicted octanol–water partition coefficient (Wildman–Crippen LogP) is 3.03. The molecule has 0 atom stereocenters. The number of hydrogen-bond acceptors (Lipinski definition) is 2. The average Bonchev–Trinajstić information content (AvgIpc) is 2.80. The molecule has 20 heavy (non-hydrogen) atoms. The number of aryl methyl sites for hydroxylation is 1. The number of pyridine rings is 1. The molecule has 3 aromatic rings. The highest BCUT2D eigenvalue weighted by Gasteiger charge is 2.08. The molecule has 0 aliphatic heterocycles. The fourth-order valence-corrected chi connectivity index (χ4v) is 1.99. The van der Waals surface area contributed by atoms with Crippen LogP contribution in [-0.4, -0.2) is 15.3 Å². The van der Waals surface area contributed by atoms with Crippen molar-refractivity contribution in [2.45, 2.75) is 6.92 Å². The molecule has 0 radical (unpaired) electrons. The van der Waals surface area contributed by atoms with Gasteiger partial charge in [-0.05, 0) is 43.3 Å². The Kier molecular flexibility index (Phi) is 2.95. The maximum atomic E-state index is 12.8. The zero-order valence-electron chi connectivity index (χ0n) is 10.8. The zero-order valence-corrected chi connectivity index (χ0v) is 10.8. The quantitative estimate of drug-likeness (QED) is 0.777. The van der Waals surface area contributed by atoms with E-state index < -0.39 is 0 Å². The van der Waals surface area contributed by atoms with Crippen LogP contribution in [0.1, 0.15) is 16.1 Å². The first kappa shape index (κ1) is 12.3. The molecule has 0 aliphatic rings. The number of fused-ring (bicyclic) bond motifs is 1. The summed E-state index contributed by atoms with van der Waals surface area (Å²) in [6.45, 7) is 1.89. The Balaban J connectivity index is 1.86. The third-order valence-electron chi connectivity index (χ3n) is 2.94. The largest absolute Gasteiger partial charge is 0.322 e. The molecule has 0 saturated heterocycles. The Labute approximate surface area is 114 Å². The number of amides is 1. The summed E-state index contributed by atoms with van der Waals surface area (Å²) in [6, 6.07) is 9.07. The van der Waals surface area contributed by atoms with Crippen LogP contribution < -0.4 is 5.32 Å². The van der Waals surface area contributed by atoms with Crippen LogP contribution in [0.2, 0.25) is 0 Å². The van der Waals surface area contributed by atoms with E-state index in [2.05, 4.69) is 10.3 Å². The molecule has 4 nitrogen and oxygen atoms in total. The highest BCUT2D eigenvalue weighted by Crippen LogP contribution is 2.12. The van der Waals surface area contributed by atoms with Crippen LogP contribution in [0.5, 0.6) is 0 Å². The van der Waals surface area contributed by atoms with Crippen LogP contribution in [0.3, 0.4) is 0 Å². The standard InChI is InChI=1S/C15H12FN3O/c1-10-9-19-7-6-11(8-14(19)17-10)15(20)18-13-4-2-12(16)3-5-13/h2-9H,1H3,(H,18,20). The van der Waals surface area contributed by atoms with Gasteiger partial charge >= 0.3 is 0 Å². The summed E-state index contributed by atoms with van der Waals surface area (Å²) in [5.74, 6) is -0.586. The van der Waals surface area contributed by atoms with Crippen molar-refractivity contribution >= 4 is 17.2 Å². The number of hydrogen-bond donors (Lipinski definition) is 1. The van der Waals surface area contributed by atoms with Crippen LogP contribution in [0.15, 0.2) is 48.8 Å². The van der Waals surface area contributed by atoms with E-state index in [-0.39, 0.29) is 11.7 Å². The Bertz CT molecular complexity index is 777. The lowest BCUT2D eigenvalue weighted by molar-refractivity contribution is 0.102. The highest BCUT2D eigenvalue weighted by molar-refractivity contribution is 6.04. The first-order valence-electron chi connectivity index (χ1n) is 6.14. The summed E-state index contributed by atoms with van der Waals surface area (Å²) in [5, 5.41) is 2.71. The van der Waals surface area contributed by atoms with Gasteiger partial charge in [-0.1, -0.05) is 0 Å². The van der Waals surface area contributed by atoms with Crippen molar-refractivity contribution in [3.05, 3.63) is 65.9 Å². The molecule has 5 heteroatoms. The van der Waals surface area contributed by atoms with Gasteiger partial charge in [0.05, 0.1) is 5.69 Å². The van der Waals surface area contributed by atoms with E-state index in [1.807, 2.05) is 17.5 Å². The fourth-order valence-electron chi connectivity index (χ4n) is 1.99. The summed E-state index contributed by atoms with van der Waals surface area (Å²) in [4.78, 5) is 16.4. The van der Waals surface area contributed by atoms with Gasteiger partial charge in [-0.15, -0.1) is 0 Å². The second kappa shape index (κ2) is 4.77. The van der Waals surface area contributed by atoms with Crippen molar-refractivity contribution in [2.24, 2.45) is 0 Å². The van der Waals surface area contributed by atoms with E-state index in [0.29, 0.717) is 16.9 Å². The smallest absolute Gasteiger partial charge is 0.255 e. The number of aromatic nitrogens is 2. The lowest BCUT2D eigenvalue weighted by Gasteiger charge is -2.05. The molecule has 0 fully saturated rings. The molecular formula is C15H12FN3O. The monoisotopic (exact) mass is 269 g/mol. The minimum Gasteiger partial charge on any atom is -0.322 e. The lowest BCUT2D eigenvalue weighted by atomic mass is 10.2. The van der Waals surface area contributed by atoms with Gasteiger partial charge in [-0.3, -0.25) is 4.79 Å².